The normalized spacial score (nSPS) is 15.0. The minimum Gasteiger partial charge on any atom is -0.483 e. The van der Waals surface area contributed by atoms with Crippen LogP contribution in [0.3, 0.4) is 0 Å². The van der Waals surface area contributed by atoms with Crippen molar-refractivity contribution in [3.63, 3.8) is 0 Å². The van der Waals surface area contributed by atoms with Gasteiger partial charge in [-0.2, -0.15) is 0 Å². The van der Waals surface area contributed by atoms with Gasteiger partial charge < -0.3 is 9.64 Å². The van der Waals surface area contributed by atoms with Gasteiger partial charge in [0.25, 0.3) is 5.91 Å². The summed E-state index contributed by atoms with van der Waals surface area (Å²) in [5.41, 5.74) is 2.13. The number of benzene rings is 2. The van der Waals surface area contributed by atoms with Crippen LogP contribution in [0.15, 0.2) is 54.6 Å². The first-order chi connectivity index (χ1) is 11.3. The molecule has 120 valence electrons. The van der Waals surface area contributed by atoms with Crippen LogP contribution in [0.1, 0.15) is 25.7 Å². The second-order valence-corrected chi connectivity index (χ2v) is 5.95. The molecule has 3 rings (SSSR count). The van der Waals surface area contributed by atoms with Crippen LogP contribution in [0.25, 0.3) is 11.1 Å². The Morgan fingerprint density at radius 1 is 0.870 bits per heavy atom. The number of carbonyl (C=O) groups is 1. The zero-order chi connectivity index (χ0) is 15.9. The number of hydrogen-bond acceptors (Lipinski definition) is 2. The van der Waals surface area contributed by atoms with E-state index in [1.165, 1.54) is 12.8 Å². The Kier molecular flexibility index (Phi) is 5.30. The smallest absolute Gasteiger partial charge is 0.260 e. The minimum absolute atomic E-state index is 0.0924. The third-order valence-electron chi connectivity index (χ3n) is 4.28. The second kappa shape index (κ2) is 7.82. The van der Waals surface area contributed by atoms with Gasteiger partial charge >= 0.3 is 0 Å². The maximum absolute atomic E-state index is 12.4. The summed E-state index contributed by atoms with van der Waals surface area (Å²) < 4.78 is 5.86. The molecule has 2 aromatic carbocycles. The summed E-state index contributed by atoms with van der Waals surface area (Å²) in [6, 6.07) is 18.0. The molecule has 0 radical (unpaired) electrons. The van der Waals surface area contributed by atoms with E-state index in [0.29, 0.717) is 0 Å². The molecular weight excluding hydrogens is 286 g/mol. The largest absolute Gasteiger partial charge is 0.483 e. The molecule has 2 aromatic rings. The molecule has 0 bridgehead atoms. The Hall–Kier alpha value is -2.29. The molecule has 0 atom stereocenters. The fraction of sp³-hybridized carbons (Fsp3) is 0.350. The zero-order valence-corrected chi connectivity index (χ0v) is 13.4. The van der Waals surface area contributed by atoms with Gasteiger partial charge in [-0.3, -0.25) is 4.79 Å². The van der Waals surface area contributed by atoms with E-state index in [1.54, 1.807) is 0 Å². The van der Waals surface area contributed by atoms with Gasteiger partial charge in [0.2, 0.25) is 0 Å². The molecule has 0 saturated carbocycles. The highest BCUT2D eigenvalue weighted by atomic mass is 16.5. The monoisotopic (exact) mass is 309 g/mol. The van der Waals surface area contributed by atoms with Crippen LogP contribution >= 0.6 is 0 Å². The fourth-order valence-electron chi connectivity index (χ4n) is 3.00. The third-order valence-corrected chi connectivity index (χ3v) is 4.28. The van der Waals surface area contributed by atoms with E-state index < -0.39 is 0 Å². The van der Waals surface area contributed by atoms with Crippen LogP contribution < -0.4 is 4.74 Å². The Morgan fingerprint density at radius 2 is 1.52 bits per heavy atom. The zero-order valence-electron chi connectivity index (χ0n) is 13.4. The summed E-state index contributed by atoms with van der Waals surface area (Å²) in [6.07, 6.45) is 4.65. The van der Waals surface area contributed by atoms with E-state index >= 15 is 0 Å². The highest BCUT2D eigenvalue weighted by Crippen LogP contribution is 2.29. The molecule has 23 heavy (non-hydrogen) atoms. The van der Waals surface area contributed by atoms with Gasteiger partial charge in [-0.15, -0.1) is 0 Å². The van der Waals surface area contributed by atoms with Crippen molar-refractivity contribution in [1.82, 2.24) is 4.90 Å². The summed E-state index contributed by atoms with van der Waals surface area (Å²) in [5, 5.41) is 0. The average Bonchev–Trinajstić information content (AvgIpc) is 2.90. The summed E-state index contributed by atoms with van der Waals surface area (Å²) in [7, 11) is 0. The summed E-state index contributed by atoms with van der Waals surface area (Å²) in [5.74, 6) is 0.858. The van der Waals surface area contributed by atoms with Gasteiger partial charge in [0.15, 0.2) is 6.61 Å². The maximum Gasteiger partial charge on any atom is 0.260 e. The van der Waals surface area contributed by atoms with E-state index in [2.05, 4.69) is 12.1 Å². The van der Waals surface area contributed by atoms with Crippen molar-refractivity contribution in [2.24, 2.45) is 0 Å². The van der Waals surface area contributed by atoms with Gasteiger partial charge in [0.05, 0.1) is 0 Å². The molecule has 1 heterocycles. The van der Waals surface area contributed by atoms with Crippen molar-refractivity contribution >= 4 is 5.91 Å². The molecule has 1 saturated heterocycles. The van der Waals surface area contributed by atoms with Crippen molar-refractivity contribution in [2.75, 3.05) is 19.7 Å². The lowest BCUT2D eigenvalue weighted by Gasteiger charge is -2.21. The number of hydrogen-bond donors (Lipinski definition) is 0. The number of ether oxygens (including phenoxy) is 1. The predicted molar refractivity (Wildman–Crippen MR) is 92.4 cm³/mol. The Morgan fingerprint density at radius 3 is 2.26 bits per heavy atom. The SMILES string of the molecule is O=C(COc1ccccc1-c1ccccc1)N1CCCCCC1. The number of nitrogens with zero attached hydrogens (tertiary/aromatic N) is 1. The van der Waals surface area contributed by atoms with E-state index in [1.807, 2.05) is 47.4 Å². The van der Waals surface area contributed by atoms with Crippen molar-refractivity contribution in [2.45, 2.75) is 25.7 Å². The van der Waals surface area contributed by atoms with Crippen molar-refractivity contribution < 1.29 is 9.53 Å². The van der Waals surface area contributed by atoms with Gasteiger partial charge in [0.1, 0.15) is 5.75 Å². The van der Waals surface area contributed by atoms with Crippen LogP contribution in [0.2, 0.25) is 0 Å². The Labute approximate surface area is 137 Å². The van der Waals surface area contributed by atoms with Crippen LogP contribution in [-0.2, 0) is 4.79 Å². The highest BCUT2D eigenvalue weighted by Gasteiger charge is 2.16. The summed E-state index contributed by atoms with van der Waals surface area (Å²) in [4.78, 5) is 14.3. The molecule has 3 heteroatoms. The third kappa shape index (κ3) is 4.13. The van der Waals surface area contributed by atoms with Crippen LogP contribution in [0, 0.1) is 0 Å². The second-order valence-electron chi connectivity index (χ2n) is 5.95. The first-order valence-corrected chi connectivity index (χ1v) is 8.39. The van der Waals surface area contributed by atoms with Crippen LogP contribution in [0.5, 0.6) is 5.75 Å². The van der Waals surface area contributed by atoms with E-state index in [9.17, 15) is 4.79 Å². The number of rotatable bonds is 4. The molecule has 0 unspecified atom stereocenters. The predicted octanol–water partition coefficient (Wildman–Crippen LogP) is 4.14. The first kappa shape index (κ1) is 15.6. The molecule has 0 aromatic heterocycles. The van der Waals surface area contributed by atoms with Gasteiger partial charge in [-0.05, 0) is 24.5 Å². The van der Waals surface area contributed by atoms with E-state index in [4.69, 9.17) is 4.74 Å². The molecule has 0 aliphatic carbocycles. The summed E-state index contributed by atoms with van der Waals surface area (Å²) >= 11 is 0. The standard InChI is InChI=1S/C20H23NO2/c22-20(21-14-8-1-2-9-15-21)16-23-19-13-7-6-12-18(19)17-10-4-3-5-11-17/h3-7,10-13H,1-2,8-9,14-16H2. The Balaban J connectivity index is 1.67. The van der Waals surface area contributed by atoms with Crippen LogP contribution in [-0.4, -0.2) is 30.5 Å². The molecule has 3 nitrogen and oxygen atoms in total. The van der Waals surface area contributed by atoms with E-state index in [0.717, 1.165) is 42.8 Å². The van der Waals surface area contributed by atoms with Gasteiger partial charge in [-0.25, -0.2) is 0 Å². The molecule has 0 spiro atoms. The highest BCUT2D eigenvalue weighted by molar-refractivity contribution is 5.78. The number of para-hydroxylation sites is 1. The molecule has 1 amide bonds. The topological polar surface area (TPSA) is 29.5 Å². The maximum atomic E-state index is 12.4. The number of likely N-dealkylation sites (tertiary alicyclic amines) is 1. The van der Waals surface area contributed by atoms with Crippen molar-refractivity contribution in [3.8, 4) is 16.9 Å². The molecule has 0 N–H and O–H groups in total. The van der Waals surface area contributed by atoms with Gasteiger partial charge in [-0.1, -0.05) is 61.4 Å². The Bertz CT molecular complexity index is 631. The lowest BCUT2D eigenvalue weighted by Crippen LogP contribution is -2.35. The fourth-order valence-corrected chi connectivity index (χ4v) is 3.00. The lowest BCUT2D eigenvalue weighted by molar-refractivity contribution is -0.133. The lowest BCUT2D eigenvalue weighted by atomic mass is 10.1. The van der Waals surface area contributed by atoms with Gasteiger partial charge in [0, 0.05) is 18.7 Å². The average molecular weight is 309 g/mol. The first-order valence-electron chi connectivity index (χ1n) is 8.39. The molecule has 1 fully saturated rings. The van der Waals surface area contributed by atoms with Crippen LogP contribution in [0.4, 0.5) is 0 Å². The summed E-state index contributed by atoms with van der Waals surface area (Å²) in [6.45, 7) is 1.84. The van der Waals surface area contributed by atoms with E-state index in [-0.39, 0.29) is 12.5 Å². The van der Waals surface area contributed by atoms with Crippen molar-refractivity contribution in [3.05, 3.63) is 54.6 Å². The molecule has 1 aliphatic heterocycles. The van der Waals surface area contributed by atoms with Crippen molar-refractivity contribution in [1.29, 1.82) is 0 Å². The number of amides is 1. The minimum atomic E-state index is 0.0924. The molecule has 1 aliphatic rings. The quantitative estimate of drug-likeness (QED) is 0.849. The molecular formula is C20H23NO2. The number of carbonyl (C=O) groups excluding carboxylic acids is 1.